The molecular weight excluding hydrogens is 354 g/mol. The number of hydrogen-bond acceptors (Lipinski definition) is 3. The fourth-order valence-electron chi connectivity index (χ4n) is 3.48. The minimum atomic E-state index is -0.242. The van der Waals surface area contributed by atoms with E-state index in [1.165, 1.54) is 0 Å². The average Bonchev–Trinajstić information content (AvgIpc) is 2.69. The van der Waals surface area contributed by atoms with Gasteiger partial charge in [-0.25, -0.2) is 0 Å². The number of hydrogen-bond donors (Lipinski definition) is 3. The molecule has 1 aromatic rings. The lowest BCUT2D eigenvalue weighted by Gasteiger charge is -2.34. The summed E-state index contributed by atoms with van der Waals surface area (Å²) in [4.78, 5) is 29.8. The van der Waals surface area contributed by atoms with Crippen molar-refractivity contribution < 1.29 is 9.59 Å². The summed E-state index contributed by atoms with van der Waals surface area (Å²) in [6.07, 6.45) is 4.53. The van der Waals surface area contributed by atoms with E-state index in [9.17, 15) is 9.59 Å². The van der Waals surface area contributed by atoms with Crippen molar-refractivity contribution >= 4 is 17.8 Å². The molecule has 0 aromatic heterocycles. The topological polar surface area (TPSA) is 99.8 Å². The summed E-state index contributed by atoms with van der Waals surface area (Å²) in [6, 6.07) is 7.62. The zero-order chi connectivity index (χ0) is 20.4. The maximum absolute atomic E-state index is 12.1. The van der Waals surface area contributed by atoms with Crippen LogP contribution < -0.4 is 16.4 Å². The molecule has 1 aliphatic rings. The van der Waals surface area contributed by atoms with E-state index in [1.807, 2.05) is 24.3 Å². The van der Waals surface area contributed by atoms with E-state index >= 15 is 0 Å². The molecule has 7 heteroatoms. The van der Waals surface area contributed by atoms with Crippen LogP contribution in [0.15, 0.2) is 29.3 Å². The van der Waals surface area contributed by atoms with Gasteiger partial charge < -0.3 is 21.3 Å². The molecule has 1 unspecified atom stereocenters. The van der Waals surface area contributed by atoms with Gasteiger partial charge in [-0.3, -0.25) is 14.6 Å². The molecule has 7 nitrogen and oxygen atoms in total. The summed E-state index contributed by atoms with van der Waals surface area (Å²) in [5.41, 5.74) is 7.10. The van der Waals surface area contributed by atoms with E-state index in [0.717, 1.165) is 50.3 Å². The van der Waals surface area contributed by atoms with Gasteiger partial charge >= 0.3 is 0 Å². The smallest absolute Gasteiger partial charge is 0.251 e. The van der Waals surface area contributed by atoms with Crippen LogP contribution in [0.2, 0.25) is 0 Å². The van der Waals surface area contributed by atoms with Gasteiger partial charge in [0, 0.05) is 45.2 Å². The number of nitrogens with two attached hydrogens (primary N) is 1. The Kier molecular flexibility index (Phi) is 8.78. The number of aliphatic imine (C=N–C) groups is 1. The fraction of sp³-hybridized carbons (Fsp3) is 0.571. The third-order valence-corrected chi connectivity index (χ3v) is 5.00. The Balaban J connectivity index is 1.86. The molecule has 0 saturated carbocycles. The fourth-order valence-corrected chi connectivity index (χ4v) is 3.48. The number of nitrogens with zero attached hydrogens (tertiary/aromatic N) is 2. The minimum absolute atomic E-state index is 0.0300. The summed E-state index contributed by atoms with van der Waals surface area (Å²) >= 11 is 0. The van der Waals surface area contributed by atoms with Gasteiger partial charge in [-0.2, -0.15) is 0 Å². The Morgan fingerprint density at radius 1 is 1.25 bits per heavy atom. The molecule has 28 heavy (non-hydrogen) atoms. The van der Waals surface area contributed by atoms with Crippen molar-refractivity contribution in [2.24, 2.45) is 16.6 Å². The number of piperidine rings is 1. The predicted molar refractivity (Wildman–Crippen MR) is 112 cm³/mol. The predicted octanol–water partition coefficient (Wildman–Crippen LogP) is 1.88. The molecule has 2 rings (SSSR count). The lowest BCUT2D eigenvalue weighted by molar-refractivity contribution is -0.119. The summed E-state index contributed by atoms with van der Waals surface area (Å²) in [5.74, 6) is 0.844. The Labute approximate surface area is 167 Å². The lowest BCUT2D eigenvalue weighted by atomic mass is 9.95. The molecule has 1 aliphatic heterocycles. The quantitative estimate of drug-likeness (QED) is 0.360. The maximum atomic E-state index is 12.1. The van der Waals surface area contributed by atoms with Gasteiger partial charge in [0.25, 0.3) is 5.91 Å². The highest BCUT2D eigenvalue weighted by atomic mass is 16.2. The third kappa shape index (κ3) is 6.87. The van der Waals surface area contributed by atoms with E-state index in [0.29, 0.717) is 25.1 Å². The number of rotatable bonds is 8. The first-order valence-electron chi connectivity index (χ1n) is 10.1. The average molecular weight is 388 g/mol. The van der Waals surface area contributed by atoms with Crippen molar-refractivity contribution in [2.45, 2.75) is 45.6 Å². The molecule has 1 aromatic carbocycles. The zero-order valence-electron chi connectivity index (χ0n) is 17.0. The van der Waals surface area contributed by atoms with Gasteiger partial charge in [-0.05, 0) is 42.9 Å². The molecule has 4 N–H and O–H groups in total. The van der Waals surface area contributed by atoms with Crippen LogP contribution in [0.5, 0.6) is 0 Å². The molecule has 1 fully saturated rings. The van der Waals surface area contributed by atoms with Crippen molar-refractivity contribution in [1.29, 1.82) is 0 Å². The highest BCUT2D eigenvalue weighted by Gasteiger charge is 2.23. The van der Waals surface area contributed by atoms with Crippen molar-refractivity contribution in [1.82, 2.24) is 15.5 Å². The van der Waals surface area contributed by atoms with Gasteiger partial charge in [0.1, 0.15) is 0 Å². The molecule has 154 valence electrons. The van der Waals surface area contributed by atoms with Crippen LogP contribution in [-0.2, 0) is 11.3 Å². The summed E-state index contributed by atoms with van der Waals surface area (Å²) in [7, 11) is 1.77. The number of unbranched alkanes of at least 4 members (excludes halogenated alkanes) is 1. The summed E-state index contributed by atoms with van der Waals surface area (Å²) in [6.45, 7) is 5.15. The van der Waals surface area contributed by atoms with Gasteiger partial charge in [0.2, 0.25) is 5.91 Å². The number of benzene rings is 1. The van der Waals surface area contributed by atoms with E-state index in [2.05, 4.69) is 27.4 Å². The molecule has 2 amide bonds. The normalized spacial score (nSPS) is 17.3. The molecule has 0 radical (unpaired) electrons. The molecule has 1 atom stereocenters. The SMILES string of the molecule is CCCCNC(=O)c1ccc(CNC(=NC)N2CCCC(CC(N)=O)C2)cc1. The van der Waals surface area contributed by atoms with Gasteiger partial charge in [0.15, 0.2) is 5.96 Å². The first-order chi connectivity index (χ1) is 13.5. The third-order valence-electron chi connectivity index (χ3n) is 5.00. The van der Waals surface area contributed by atoms with Crippen LogP contribution >= 0.6 is 0 Å². The van der Waals surface area contributed by atoms with Crippen LogP contribution in [-0.4, -0.2) is 49.4 Å². The maximum Gasteiger partial charge on any atom is 0.251 e. The Morgan fingerprint density at radius 2 is 2.00 bits per heavy atom. The van der Waals surface area contributed by atoms with E-state index in [4.69, 9.17) is 5.73 Å². The molecule has 0 aliphatic carbocycles. The summed E-state index contributed by atoms with van der Waals surface area (Å²) in [5, 5.41) is 6.31. The number of likely N-dealkylation sites (tertiary alicyclic amines) is 1. The number of carbonyl (C=O) groups is 2. The first kappa shape index (κ1) is 21.7. The number of carbonyl (C=O) groups excluding carboxylic acids is 2. The highest BCUT2D eigenvalue weighted by Crippen LogP contribution is 2.19. The highest BCUT2D eigenvalue weighted by molar-refractivity contribution is 5.94. The molecular formula is C21H33N5O2. The second kappa shape index (κ2) is 11.3. The van der Waals surface area contributed by atoms with Crippen LogP contribution in [0.3, 0.4) is 0 Å². The van der Waals surface area contributed by atoms with Crippen LogP contribution in [0.25, 0.3) is 0 Å². The number of primary amides is 1. The lowest BCUT2D eigenvalue weighted by Crippen LogP contribution is -2.46. The first-order valence-corrected chi connectivity index (χ1v) is 10.1. The Bertz CT molecular complexity index is 672. The molecule has 0 bridgehead atoms. The standard InChI is InChI=1S/C21H33N5O2/c1-3-4-11-24-20(28)18-9-7-16(8-10-18)14-25-21(23-2)26-12-5-6-17(15-26)13-19(22)27/h7-10,17H,3-6,11-15H2,1-2H3,(H2,22,27)(H,23,25)(H,24,28). The van der Waals surface area contributed by atoms with Crippen molar-refractivity contribution in [3.63, 3.8) is 0 Å². The summed E-state index contributed by atoms with van der Waals surface area (Å²) < 4.78 is 0. The van der Waals surface area contributed by atoms with Gasteiger partial charge in [-0.1, -0.05) is 25.5 Å². The van der Waals surface area contributed by atoms with Gasteiger partial charge in [0.05, 0.1) is 0 Å². The Hall–Kier alpha value is -2.57. The molecule has 1 saturated heterocycles. The number of guanidine groups is 1. The van der Waals surface area contributed by atoms with E-state index < -0.39 is 0 Å². The Morgan fingerprint density at radius 3 is 2.64 bits per heavy atom. The van der Waals surface area contributed by atoms with Crippen molar-refractivity contribution in [3.05, 3.63) is 35.4 Å². The van der Waals surface area contributed by atoms with Crippen LogP contribution in [0, 0.1) is 5.92 Å². The number of amides is 2. The van der Waals surface area contributed by atoms with Crippen LogP contribution in [0.1, 0.15) is 54.9 Å². The van der Waals surface area contributed by atoms with E-state index in [1.54, 1.807) is 7.05 Å². The van der Waals surface area contributed by atoms with Crippen LogP contribution in [0.4, 0.5) is 0 Å². The van der Waals surface area contributed by atoms with Crippen molar-refractivity contribution in [3.8, 4) is 0 Å². The second-order valence-corrected chi connectivity index (χ2v) is 7.33. The molecule has 1 heterocycles. The van der Waals surface area contributed by atoms with E-state index in [-0.39, 0.29) is 17.7 Å². The van der Waals surface area contributed by atoms with Gasteiger partial charge in [-0.15, -0.1) is 0 Å². The number of nitrogens with one attached hydrogen (secondary N) is 2. The minimum Gasteiger partial charge on any atom is -0.370 e. The molecule has 0 spiro atoms. The monoisotopic (exact) mass is 387 g/mol. The van der Waals surface area contributed by atoms with Crippen molar-refractivity contribution in [2.75, 3.05) is 26.7 Å². The second-order valence-electron chi connectivity index (χ2n) is 7.33. The largest absolute Gasteiger partial charge is 0.370 e. The zero-order valence-corrected chi connectivity index (χ0v) is 17.0.